The molecule has 8 heteroatoms. The molecular weight excluding hydrogens is 410 g/mol. The van der Waals surface area contributed by atoms with Crippen molar-refractivity contribution in [3.63, 3.8) is 0 Å². The quantitative estimate of drug-likeness (QED) is 0.218. The van der Waals surface area contributed by atoms with Crippen LogP contribution in [0, 0.1) is 24.0 Å². The van der Waals surface area contributed by atoms with Crippen LogP contribution >= 0.6 is 0 Å². The van der Waals surface area contributed by atoms with E-state index in [2.05, 4.69) is 5.10 Å². The number of benzene rings is 1. The van der Waals surface area contributed by atoms with Crippen molar-refractivity contribution in [1.82, 2.24) is 9.78 Å². The average molecular weight is 442 g/mol. The predicted molar refractivity (Wildman–Crippen MR) is 123 cm³/mol. The molecule has 0 fully saturated rings. The van der Waals surface area contributed by atoms with E-state index in [0.29, 0.717) is 35.3 Å². The minimum Gasteiger partial charge on any atom is -0.407 e. The molecule has 8 nitrogen and oxygen atoms in total. The number of allylic oxidation sites excluding steroid dienone is 2. The van der Waals surface area contributed by atoms with Crippen molar-refractivity contribution < 1.29 is 19.2 Å². The zero-order valence-corrected chi connectivity index (χ0v) is 19.9. The molecule has 32 heavy (non-hydrogen) atoms. The fraction of sp³-hybridized carbons (Fsp3) is 0.458. The van der Waals surface area contributed by atoms with Crippen LogP contribution in [0.15, 0.2) is 17.7 Å². The Hall–Kier alpha value is -3.29. The molecule has 0 aliphatic rings. The Kier molecular flexibility index (Phi) is 8.08. The van der Waals surface area contributed by atoms with Gasteiger partial charge in [-0.2, -0.15) is 5.10 Å². The third-order valence-corrected chi connectivity index (χ3v) is 5.42. The molecule has 0 bridgehead atoms. The van der Waals surface area contributed by atoms with Gasteiger partial charge in [-0.25, -0.2) is 4.68 Å². The minimum absolute atomic E-state index is 0.0502. The topological polar surface area (TPSA) is 104 Å². The summed E-state index contributed by atoms with van der Waals surface area (Å²) in [5, 5.41) is 16.1. The van der Waals surface area contributed by atoms with Crippen molar-refractivity contribution in [1.29, 1.82) is 0 Å². The van der Waals surface area contributed by atoms with Gasteiger partial charge < -0.3 is 4.74 Å². The van der Waals surface area contributed by atoms with E-state index in [1.54, 1.807) is 25.5 Å². The molecule has 1 aromatic heterocycles. The second-order valence-corrected chi connectivity index (χ2v) is 8.06. The lowest BCUT2D eigenvalue weighted by Gasteiger charge is -2.14. The van der Waals surface area contributed by atoms with E-state index >= 15 is 0 Å². The van der Waals surface area contributed by atoms with Crippen molar-refractivity contribution in [2.75, 3.05) is 0 Å². The summed E-state index contributed by atoms with van der Waals surface area (Å²) in [7, 11) is 0. The smallest absolute Gasteiger partial charge is 0.312 e. The normalized spacial score (nSPS) is 10.7. The van der Waals surface area contributed by atoms with Crippen molar-refractivity contribution in [3.8, 4) is 5.88 Å². The van der Waals surface area contributed by atoms with Gasteiger partial charge in [0.2, 0.25) is 11.7 Å². The van der Waals surface area contributed by atoms with E-state index in [9.17, 15) is 19.7 Å². The fourth-order valence-electron chi connectivity index (χ4n) is 3.61. The summed E-state index contributed by atoms with van der Waals surface area (Å²) in [5.74, 6) is -0.675. The van der Waals surface area contributed by atoms with Crippen LogP contribution in [0.5, 0.6) is 5.88 Å². The first-order valence-electron chi connectivity index (χ1n) is 10.8. The molecule has 0 aliphatic carbocycles. The highest BCUT2D eigenvalue weighted by atomic mass is 16.6. The third kappa shape index (κ3) is 4.95. The number of nitro groups is 1. The van der Waals surface area contributed by atoms with Crippen LogP contribution < -0.4 is 4.74 Å². The van der Waals surface area contributed by atoms with Gasteiger partial charge in [-0.3, -0.25) is 19.7 Å². The summed E-state index contributed by atoms with van der Waals surface area (Å²) >= 11 is 0. The summed E-state index contributed by atoms with van der Waals surface area (Å²) in [4.78, 5) is 37.1. The highest BCUT2D eigenvalue weighted by Crippen LogP contribution is 2.35. The van der Waals surface area contributed by atoms with Gasteiger partial charge in [0.25, 0.3) is 5.69 Å². The first-order chi connectivity index (χ1) is 15.0. The molecule has 0 unspecified atom stereocenters. The van der Waals surface area contributed by atoms with E-state index in [0.717, 1.165) is 17.6 Å². The summed E-state index contributed by atoms with van der Waals surface area (Å²) in [6.45, 7) is 13.3. The molecule has 1 heterocycles. The number of carbonyl (C=O) groups is 2. The van der Waals surface area contributed by atoms with Crippen LogP contribution in [0.3, 0.4) is 0 Å². The summed E-state index contributed by atoms with van der Waals surface area (Å²) in [6.07, 6.45) is 1.59. The maximum atomic E-state index is 13.7. The highest BCUT2D eigenvalue weighted by Gasteiger charge is 2.29. The Morgan fingerprint density at radius 2 is 1.75 bits per heavy atom. The molecule has 2 aromatic rings. The van der Waals surface area contributed by atoms with Gasteiger partial charge in [-0.15, -0.1) is 0 Å². The highest BCUT2D eigenvalue weighted by molar-refractivity contribution is 6.13. The minimum atomic E-state index is -0.439. The number of hydrogen-bond acceptors (Lipinski definition) is 6. The Balaban J connectivity index is 2.73. The van der Waals surface area contributed by atoms with Crippen molar-refractivity contribution in [3.05, 3.63) is 55.8 Å². The van der Waals surface area contributed by atoms with E-state index in [1.807, 2.05) is 27.7 Å². The number of nitro benzene ring substituents is 1. The molecule has 0 radical (unpaired) electrons. The molecule has 0 amide bonds. The molecule has 1 aromatic carbocycles. The molecule has 2 rings (SSSR count). The molecule has 0 atom stereocenters. The Morgan fingerprint density at radius 1 is 1.09 bits per heavy atom. The number of nitrogens with zero attached hydrogens (tertiary/aromatic N) is 3. The van der Waals surface area contributed by atoms with Gasteiger partial charge in [0.05, 0.1) is 16.2 Å². The Labute approximate surface area is 188 Å². The van der Waals surface area contributed by atoms with Crippen LogP contribution in [0.2, 0.25) is 0 Å². The maximum absolute atomic E-state index is 13.7. The first kappa shape index (κ1) is 25.0. The number of esters is 1. The lowest BCUT2D eigenvalue weighted by atomic mass is 9.90. The van der Waals surface area contributed by atoms with Gasteiger partial charge >= 0.3 is 5.97 Å². The van der Waals surface area contributed by atoms with Crippen LogP contribution in [-0.2, 0) is 11.3 Å². The zero-order chi connectivity index (χ0) is 24.2. The Morgan fingerprint density at radius 3 is 2.28 bits per heavy atom. The summed E-state index contributed by atoms with van der Waals surface area (Å²) < 4.78 is 7.11. The number of ketones is 1. The average Bonchev–Trinajstić information content (AvgIpc) is 3.01. The van der Waals surface area contributed by atoms with Crippen molar-refractivity contribution in [2.45, 2.75) is 74.3 Å². The van der Waals surface area contributed by atoms with Crippen LogP contribution in [-0.4, -0.2) is 26.5 Å². The molecule has 0 saturated carbocycles. The second kappa shape index (κ2) is 10.3. The third-order valence-electron chi connectivity index (χ3n) is 5.42. The number of rotatable bonds is 9. The van der Waals surface area contributed by atoms with E-state index in [-0.39, 0.29) is 29.3 Å². The van der Waals surface area contributed by atoms with Crippen molar-refractivity contribution in [2.24, 2.45) is 0 Å². The lowest BCUT2D eigenvalue weighted by Crippen LogP contribution is -2.15. The van der Waals surface area contributed by atoms with Gasteiger partial charge in [-0.05, 0) is 64.7 Å². The standard InChI is InChI=1S/C24H31N3O5/c1-8-10-20(28)32-24-22(17(7)25-26(24)13-9-2)23(29)18-11-12-19(27(30)31)21(16(18)6)15(5)14(3)4/h11-12H,8-10,13H2,1-7H3. The molecular formula is C24H31N3O5. The van der Waals surface area contributed by atoms with Crippen LogP contribution in [0.1, 0.15) is 86.6 Å². The second-order valence-electron chi connectivity index (χ2n) is 8.06. The van der Waals surface area contributed by atoms with Gasteiger partial charge in [0.15, 0.2) is 0 Å². The molecule has 0 spiro atoms. The first-order valence-corrected chi connectivity index (χ1v) is 10.8. The summed E-state index contributed by atoms with van der Waals surface area (Å²) in [5.41, 5.74) is 3.53. The number of carbonyl (C=O) groups excluding carboxylic acids is 2. The van der Waals surface area contributed by atoms with E-state index < -0.39 is 10.9 Å². The number of aromatic nitrogens is 2. The van der Waals surface area contributed by atoms with Gasteiger partial charge in [0, 0.05) is 24.6 Å². The molecule has 172 valence electrons. The number of hydrogen-bond donors (Lipinski definition) is 0. The van der Waals surface area contributed by atoms with E-state index in [4.69, 9.17) is 4.74 Å². The number of aryl methyl sites for hydroxylation is 2. The fourth-order valence-corrected chi connectivity index (χ4v) is 3.61. The van der Waals surface area contributed by atoms with Gasteiger partial charge in [-0.1, -0.05) is 19.4 Å². The molecule has 0 N–H and O–H groups in total. The van der Waals surface area contributed by atoms with Crippen LogP contribution in [0.4, 0.5) is 5.69 Å². The largest absolute Gasteiger partial charge is 0.407 e. The Bertz CT molecular complexity index is 1090. The molecule has 0 saturated heterocycles. The van der Waals surface area contributed by atoms with Gasteiger partial charge in [0.1, 0.15) is 5.56 Å². The maximum Gasteiger partial charge on any atom is 0.312 e. The zero-order valence-electron chi connectivity index (χ0n) is 19.9. The summed E-state index contributed by atoms with van der Waals surface area (Å²) in [6, 6.07) is 2.82. The lowest BCUT2D eigenvalue weighted by molar-refractivity contribution is -0.385. The monoisotopic (exact) mass is 441 g/mol. The van der Waals surface area contributed by atoms with E-state index in [1.165, 1.54) is 12.1 Å². The van der Waals surface area contributed by atoms with Crippen molar-refractivity contribution >= 4 is 23.0 Å². The predicted octanol–water partition coefficient (Wildman–Crippen LogP) is 5.57. The van der Waals surface area contributed by atoms with Crippen LogP contribution in [0.25, 0.3) is 5.57 Å². The molecule has 0 aliphatic heterocycles. The number of ether oxygens (including phenoxy) is 1. The SMILES string of the molecule is CCCC(=O)Oc1c(C(=O)c2ccc([N+](=O)[O-])c(C(C)=C(C)C)c2C)c(C)nn1CCC.